The molecule has 2 atom stereocenters. The Morgan fingerprint density at radius 2 is 1.28 bits per heavy atom. The van der Waals surface area contributed by atoms with Gasteiger partial charge in [-0.2, -0.15) is 0 Å². The number of fused-ring (bicyclic) bond motifs is 15. The van der Waals surface area contributed by atoms with Gasteiger partial charge in [-0.05, 0) is 58.5 Å². The summed E-state index contributed by atoms with van der Waals surface area (Å²) in [5.41, 5.74) is 11.7. The number of rotatable bonds is 0. The molecule has 2 aliphatic carbocycles. The Labute approximate surface area is 227 Å². The molecule has 4 aliphatic heterocycles. The molecule has 0 radical (unpaired) electrons. The van der Waals surface area contributed by atoms with Gasteiger partial charge in [0.15, 0.2) is 0 Å². The van der Waals surface area contributed by atoms with Crippen molar-refractivity contribution >= 4 is 41.3 Å². The summed E-state index contributed by atoms with van der Waals surface area (Å²) < 4.78 is 13.0. The maximum Gasteiger partial charge on any atom is 0.321 e. The summed E-state index contributed by atoms with van der Waals surface area (Å²) in [6.07, 6.45) is 13.9. The first-order chi connectivity index (χ1) is 19.3. The molecular weight excluding hydrogens is 476 g/mol. The summed E-state index contributed by atoms with van der Waals surface area (Å²) in [5, 5.41) is 0. The van der Waals surface area contributed by atoms with E-state index in [1.54, 1.807) is 0 Å². The summed E-state index contributed by atoms with van der Waals surface area (Å²) in [6.45, 7) is 0.268. The summed E-state index contributed by atoms with van der Waals surface area (Å²) in [6, 6.07) is 28.3. The van der Waals surface area contributed by atoms with Crippen LogP contribution in [0.2, 0.25) is 0 Å². The van der Waals surface area contributed by atoms with Gasteiger partial charge in [0.25, 0.3) is 6.71 Å². The fourth-order valence-electron chi connectivity index (χ4n) is 7.83. The molecule has 6 aliphatic rings. The van der Waals surface area contributed by atoms with E-state index in [1.807, 2.05) is 6.07 Å². The summed E-state index contributed by atoms with van der Waals surface area (Å²) in [7, 11) is 0. The molecule has 0 aromatic heterocycles. The molecule has 0 bridgehead atoms. The molecule has 39 heavy (non-hydrogen) atoms. The van der Waals surface area contributed by atoms with Crippen LogP contribution in [0.4, 0.5) is 11.4 Å². The van der Waals surface area contributed by atoms with Crippen molar-refractivity contribution in [2.75, 3.05) is 4.81 Å². The number of anilines is 2. The van der Waals surface area contributed by atoms with Crippen LogP contribution >= 0.6 is 0 Å². The van der Waals surface area contributed by atoms with Gasteiger partial charge in [-0.15, -0.1) is 0 Å². The first-order valence-corrected chi connectivity index (χ1v) is 13.8. The summed E-state index contributed by atoms with van der Waals surface area (Å²) in [4.78, 5) is 2.60. The van der Waals surface area contributed by atoms with Gasteiger partial charge in [0.1, 0.15) is 23.0 Å². The highest BCUT2D eigenvalue weighted by atomic mass is 16.5. The van der Waals surface area contributed by atoms with Crippen molar-refractivity contribution < 1.29 is 9.47 Å². The lowest BCUT2D eigenvalue weighted by molar-refractivity contribution is 0.464. The van der Waals surface area contributed by atoms with Crippen LogP contribution in [0, 0.1) is 0 Å². The molecule has 4 aromatic rings. The van der Waals surface area contributed by atoms with Crippen LogP contribution < -0.4 is 30.7 Å². The van der Waals surface area contributed by atoms with Gasteiger partial charge in [-0.3, -0.25) is 0 Å². The maximum atomic E-state index is 6.67. The lowest BCUT2D eigenvalue weighted by Gasteiger charge is -2.47. The highest BCUT2D eigenvalue weighted by Crippen LogP contribution is 2.55. The van der Waals surface area contributed by atoms with Crippen molar-refractivity contribution in [1.29, 1.82) is 0 Å². The highest BCUT2D eigenvalue weighted by molar-refractivity contribution is 6.98. The third-order valence-corrected chi connectivity index (χ3v) is 9.37. The molecule has 0 fully saturated rings. The number of nitrogens with zero attached hydrogens (tertiary/aromatic N) is 1. The summed E-state index contributed by atoms with van der Waals surface area (Å²) >= 11 is 0. The minimum Gasteiger partial charge on any atom is -0.458 e. The lowest BCUT2D eigenvalue weighted by Crippen LogP contribution is -2.58. The standard InChI is InChI=1S/C34H21B2NO2/c1-3-14-28-22(8-1)20-9-5-12-24(20)36-25-13-6-10-21(25)23-18-33-27(19-29(23)37(28)36)35-26-11-2-4-15-30(26)38-31-16-7-17-32(39-33)34(31)35/h1-21H. The molecule has 4 heterocycles. The van der Waals surface area contributed by atoms with E-state index in [4.69, 9.17) is 9.47 Å². The molecule has 3 nitrogen and oxygen atoms in total. The highest BCUT2D eigenvalue weighted by Gasteiger charge is 2.50. The zero-order valence-electron chi connectivity index (χ0n) is 21.0. The first kappa shape index (κ1) is 20.3. The van der Waals surface area contributed by atoms with E-state index in [1.165, 1.54) is 44.4 Å². The number of benzene rings is 4. The smallest absolute Gasteiger partial charge is 0.321 e. The fourth-order valence-corrected chi connectivity index (χ4v) is 7.83. The summed E-state index contributed by atoms with van der Waals surface area (Å²) in [5.74, 6) is 4.23. The fraction of sp³-hybridized carbons (Fsp3) is 0.0588. The molecule has 180 valence electrons. The molecule has 0 spiro atoms. The van der Waals surface area contributed by atoms with E-state index in [9.17, 15) is 0 Å². The SMILES string of the molecule is C1=CC2C(=C1)B1C3=CC=CC3c3cc4c(cc3N1c1ccccc12)B1c2ccccc2Oc2cccc(c21)O4. The first-order valence-electron chi connectivity index (χ1n) is 13.8. The Morgan fingerprint density at radius 3 is 2.13 bits per heavy atom. The molecule has 4 aromatic carbocycles. The Bertz CT molecular complexity index is 1920. The third kappa shape index (κ3) is 2.47. The molecule has 10 rings (SSSR count). The van der Waals surface area contributed by atoms with Crippen LogP contribution in [0.25, 0.3) is 0 Å². The second kappa shape index (κ2) is 7.06. The Balaban J connectivity index is 1.27. The average molecular weight is 497 g/mol. The van der Waals surface area contributed by atoms with E-state index < -0.39 is 0 Å². The van der Waals surface area contributed by atoms with E-state index in [0.29, 0.717) is 5.92 Å². The van der Waals surface area contributed by atoms with Gasteiger partial charge >= 0.3 is 6.85 Å². The number of allylic oxidation sites excluding steroid dienone is 8. The van der Waals surface area contributed by atoms with Crippen molar-refractivity contribution in [2.24, 2.45) is 0 Å². The third-order valence-electron chi connectivity index (χ3n) is 9.37. The Hall–Kier alpha value is -4.63. The molecule has 0 amide bonds. The quantitative estimate of drug-likeness (QED) is 0.248. The van der Waals surface area contributed by atoms with Gasteiger partial charge in [-0.25, -0.2) is 0 Å². The van der Waals surface area contributed by atoms with Crippen LogP contribution in [0.5, 0.6) is 23.0 Å². The van der Waals surface area contributed by atoms with Crippen LogP contribution in [-0.2, 0) is 0 Å². The second-order valence-corrected chi connectivity index (χ2v) is 11.2. The molecule has 0 saturated carbocycles. The Kier molecular flexibility index (Phi) is 3.68. The van der Waals surface area contributed by atoms with Crippen molar-refractivity contribution in [2.45, 2.75) is 11.8 Å². The monoisotopic (exact) mass is 497 g/mol. The molecule has 0 N–H and O–H groups in total. The molecule has 0 saturated heterocycles. The van der Waals surface area contributed by atoms with Crippen molar-refractivity contribution in [3.63, 3.8) is 0 Å². The molecular formula is C34H21B2NO2. The van der Waals surface area contributed by atoms with Gasteiger partial charge in [-0.1, -0.05) is 89.9 Å². The Morgan fingerprint density at radius 1 is 0.590 bits per heavy atom. The minimum atomic E-state index is 0.0601. The lowest BCUT2D eigenvalue weighted by atomic mass is 9.34. The largest absolute Gasteiger partial charge is 0.458 e. The van der Waals surface area contributed by atoms with E-state index in [2.05, 4.69) is 114 Å². The van der Waals surface area contributed by atoms with Gasteiger partial charge < -0.3 is 14.3 Å². The average Bonchev–Trinajstić information content (AvgIpc) is 3.67. The van der Waals surface area contributed by atoms with Crippen LogP contribution in [0.1, 0.15) is 23.0 Å². The van der Waals surface area contributed by atoms with Crippen molar-refractivity contribution in [3.05, 3.63) is 137 Å². The zero-order valence-corrected chi connectivity index (χ0v) is 21.0. The number of hydrogen-bond acceptors (Lipinski definition) is 3. The number of ether oxygens (including phenoxy) is 2. The van der Waals surface area contributed by atoms with E-state index in [0.717, 1.165) is 28.5 Å². The number of hydrogen-bond donors (Lipinski definition) is 0. The van der Waals surface area contributed by atoms with Gasteiger partial charge in [0.05, 0.1) is 0 Å². The van der Waals surface area contributed by atoms with Crippen LogP contribution in [0.15, 0.2) is 126 Å². The van der Waals surface area contributed by atoms with Crippen molar-refractivity contribution in [3.8, 4) is 23.0 Å². The number of para-hydroxylation sites is 2. The van der Waals surface area contributed by atoms with Crippen LogP contribution in [0.3, 0.4) is 0 Å². The maximum absolute atomic E-state index is 6.67. The zero-order chi connectivity index (χ0) is 25.2. The topological polar surface area (TPSA) is 21.7 Å². The van der Waals surface area contributed by atoms with E-state index in [-0.39, 0.29) is 19.5 Å². The molecule has 5 heteroatoms. The normalized spacial score (nSPS) is 21.2. The predicted octanol–water partition coefficient (Wildman–Crippen LogP) is 5.81. The van der Waals surface area contributed by atoms with Crippen LogP contribution in [-0.4, -0.2) is 13.6 Å². The second-order valence-electron chi connectivity index (χ2n) is 11.2. The van der Waals surface area contributed by atoms with Gasteiger partial charge in [0.2, 0.25) is 0 Å². The van der Waals surface area contributed by atoms with Gasteiger partial charge in [0, 0.05) is 28.7 Å². The van der Waals surface area contributed by atoms with E-state index >= 15 is 0 Å². The predicted molar refractivity (Wildman–Crippen MR) is 158 cm³/mol. The molecule has 2 unspecified atom stereocenters. The van der Waals surface area contributed by atoms with Crippen molar-refractivity contribution in [1.82, 2.24) is 0 Å². The minimum absolute atomic E-state index is 0.0601.